The van der Waals surface area contributed by atoms with Crippen molar-refractivity contribution in [2.24, 2.45) is 5.92 Å². The molecule has 2 amide bonds. The molecule has 1 unspecified atom stereocenters. The van der Waals surface area contributed by atoms with Gasteiger partial charge >= 0.3 is 12.0 Å². The van der Waals surface area contributed by atoms with Crippen molar-refractivity contribution >= 4 is 23.8 Å². The van der Waals surface area contributed by atoms with Crippen LogP contribution in [0.2, 0.25) is 0 Å². The van der Waals surface area contributed by atoms with Crippen LogP contribution in [0.15, 0.2) is 0 Å². The second-order valence-corrected chi connectivity index (χ2v) is 6.80. The normalized spacial score (nSPS) is 30.3. The maximum Gasteiger partial charge on any atom is 0.327 e. The number of hydrogen-bond acceptors (Lipinski definition) is 3. The number of rotatable bonds is 3. The lowest BCUT2D eigenvalue weighted by Crippen LogP contribution is -2.51. The Balaban J connectivity index is 1.93. The van der Waals surface area contributed by atoms with Crippen molar-refractivity contribution in [1.82, 2.24) is 9.80 Å². The molecule has 0 radical (unpaired) electrons. The molecule has 1 saturated heterocycles. The summed E-state index contributed by atoms with van der Waals surface area (Å²) in [4.78, 5) is 26.9. The molecule has 2 rings (SSSR count). The van der Waals surface area contributed by atoms with E-state index in [9.17, 15) is 9.59 Å². The van der Waals surface area contributed by atoms with Crippen molar-refractivity contribution in [3.8, 4) is 0 Å². The van der Waals surface area contributed by atoms with E-state index in [1.54, 1.807) is 4.90 Å². The van der Waals surface area contributed by atoms with Gasteiger partial charge in [-0.3, -0.25) is 0 Å². The van der Waals surface area contributed by atoms with E-state index in [2.05, 4.69) is 6.92 Å². The molecule has 1 heterocycles. The van der Waals surface area contributed by atoms with Crippen LogP contribution in [0, 0.1) is 5.92 Å². The van der Waals surface area contributed by atoms with Crippen molar-refractivity contribution in [3.05, 3.63) is 0 Å². The fourth-order valence-corrected chi connectivity index (χ4v) is 4.27. The van der Waals surface area contributed by atoms with Crippen LogP contribution >= 0.6 is 11.8 Å². The van der Waals surface area contributed by atoms with Gasteiger partial charge in [0.1, 0.15) is 6.04 Å². The zero-order valence-corrected chi connectivity index (χ0v) is 13.1. The SMILES string of the molecule is CCC1CCC(N(C)C(=O)N2CSCC2C(=O)O)CC1. The standard InChI is InChI=1S/C14H24N2O3S/c1-3-10-4-6-11(7-5-10)15(2)14(19)16-9-20-8-12(16)13(17)18/h10-12H,3-9H2,1-2H3,(H,17,18). The molecule has 1 aliphatic carbocycles. The molecule has 5 nitrogen and oxygen atoms in total. The van der Waals surface area contributed by atoms with E-state index in [-0.39, 0.29) is 12.1 Å². The topological polar surface area (TPSA) is 60.9 Å². The Morgan fingerprint density at radius 3 is 2.50 bits per heavy atom. The van der Waals surface area contributed by atoms with Crippen molar-refractivity contribution in [3.63, 3.8) is 0 Å². The molecule has 1 aliphatic heterocycles. The lowest BCUT2D eigenvalue weighted by atomic mass is 9.84. The fraction of sp³-hybridized carbons (Fsp3) is 0.857. The first-order chi connectivity index (χ1) is 9.54. The Morgan fingerprint density at radius 2 is 1.95 bits per heavy atom. The van der Waals surface area contributed by atoms with E-state index >= 15 is 0 Å². The van der Waals surface area contributed by atoms with Crippen LogP contribution in [0.25, 0.3) is 0 Å². The summed E-state index contributed by atoms with van der Waals surface area (Å²) in [5, 5.41) is 9.17. The van der Waals surface area contributed by atoms with Crippen molar-refractivity contribution in [2.75, 3.05) is 18.7 Å². The van der Waals surface area contributed by atoms with Crippen molar-refractivity contribution < 1.29 is 14.7 Å². The van der Waals surface area contributed by atoms with Gasteiger partial charge in [0, 0.05) is 18.8 Å². The number of urea groups is 1. The van der Waals surface area contributed by atoms with Crippen LogP contribution in [0.4, 0.5) is 4.79 Å². The van der Waals surface area contributed by atoms with Crippen LogP contribution in [-0.4, -0.2) is 57.7 Å². The van der Waals surface area contributed by atoms with Crippen LogP contribution in [0.3, 0.4) is 0 Å². The average molecular weight is 300 g/mol. The number of thioether (sulfide) groups is 1. The number of hydrogen-bond donors (Lipinski definition) is 1. The quantitative estimate of drug-likeness (QED) is 0.870. The molecule has 0 spiro atoms. The molecule has 1 saturated carbocycles. The maximum atomic E-state index is 12.5. The summed E-state index contributed by atoms with van der Waals surface area (Å²) in [6.07, 6.45) is 5.65. The summed E-state index contributed by atoms with van der Waals surface area (Å²) in [6, 6.07) is -0.519. The molecule has 0 aromatic heterocycles. The molecule has 2 fully saturated rings. The summed E-state index contributed by atoms with van der Waals surface area (Å²) in [6.45, 7) is 2.22. The van der Waals surface area contributed by atoms with Gasteiger partial charge in [-0.1, -0.05) is 13.3 Å². The van der Waals surface area contributed by atoms with Gasteiger partial charge in [0.25, 0.3) is 0 Å². The highest BCUT2D eigenvalue weighted by molar-refractivity contribution is 7.99. The minimum absolute atomic E-state index is 0.123. The molecular weight excluding hydrogens is 276 g/mol. The highest BCUT2D eigenvalue weighted by atomic mass is 32.2. The van der Waals surface area contributed by atoms with E-state index in [4.69, 9.17) is 5.11 Å². The van der Waals surface area contributed by atoms with E-state index in [0.717, 1.165) is 18.8 Å². The Hall–Kier alpha value is -0.910. The molecule has 114 valence electrons. The third-order valence-corrected chi connectivity index (χ3v) is 5.67. The van der Waals surface area contributed by atoms with Crippen LogP contribution in [0.5, 0.6) is 0 Å². The van der Waals surface area contributed by atoms with Crippen LogP contribution < -0.4 is 0 Å². The molecular formula is C14H24N2O3S. The predicted molar refractivity (Wildman–Crippen MR) is 79.8 cm³/mol. The predicted octanol–water partition coefficient (Wildman–Crippen LogP) is 2.47. The van der Waals surface area contributed by atoms with Gasteiger partial charge in [0.15, 0.2) is 0 Å². The molecule has 6 heteroatoms. The highest BCUT2D eigenvalue weighted by Gasteiger charge is 2.38. The Kier molecular flexibility index (Phi) is 5.18. The van der Waals surface area contributed by atoms with Gasteiger partial charge < -0.3 is 14.9 Å². The van der Waals surface area contributed by atoms with Gasteiger partial charge in [-0.15, -0.1) is 11.8 Å². The Morgan fingerprint density at radius 1 is 1.30 bits per heavy atom. The zero-order valence-electron chi connectivity index (χ0n) is 12.2. The fourth-order valence-electron chi connectivity index (χ4n) is 3.13. The summed E-state index contributed by atoms with van der Waals surface area (Å²) < 4.78 is 0. The first-order valence-electron chi connectivity index (χ1n) is 7.38. The Labute approximate surface area is 124 Å². The third-order valence-electron chi connectivity index (χ3n) is 4.66. The monoisotopic (exact) mass is 300 g/mol. The van der Waals surface area contributed by atoms with Gasteiger partial charge in [-0.05, 0) is 31.6 Å². The summed E-state index contributed by atoms with van der Waals surface area (Å²) in [5.74, 6) is 0.886. The molecule has 0 aromatic carbocycles. The van der Waals surface area contributed by atoms with Crippen LogP contribution in [0.1, 0.15) is 39.0 Å². The first-order valence-corrected chi connectivity index (χ1v) is 8.54. The van der Waals surface area contributed by atoms with E-state index in [0.29, 0.717) is 11.6 Å². The summed E-state index contributed by atoms with van der Waals surface area (Å²) >= 11 is 1.51. The molecule has 2 aliphatic rings. The maximum absolute atomic E-state index is 12.5. The van der Waals surface area contributed by atoms with Crippen LogP contribution in [-0.2, 0) is 4.79 Å². The van der Waals surface area contributed by atoms with E-state index < -0.39 is 12.0 Å². The van der Waals surface area contributed by atoms with Crippen molar-refractivity contribution in [2.45, 2.75) is 51.1 Å². The number of carbonyl (C=O) groups excluding carboxylic acids is 1. The third kappa shape index (κ3) is 3.22. The van der Waals surface area contributed by atoms with Crippen molar-refractivity contribution in [1.29, 1.82) is 0 Å². The zero-order chi connectivity index (χ0) is 14.7. The number of amides is 2. The summed E-state index contributed by atoms with van der Waals surface area (Å²) in [7, 11) is 1.82. The first kappa shape index (κ1) is 15.5. The highest BCUT2D eigenvalue weighted by Crippen LogP contribution is 2.30. The molecule has 0 aromatic rings. The smallest absolute Gasteiger partial charge is 0.327 e. The van der Waals surface area contributed by atoms with Gasteiger partial charge in [-0.2, -0.15) is 0 Å². The Bertz CT molecular complexity index is 369. The average Bonchev–Trinajstić information content (AvgIpc) is 2.95. The molecule has 1 atom stereocenters. The number of carbonyl (C=O) groups is 2. The lowest BCUT2D eigenvalue weighted by molar-refractivity contribution is -0.141. The largest absolute Gasteiger partial charge is 0.480 e. The number of aliphatic carboxylic acids is 1. The molecule has 1 N–H and O–H groups in total. The van der Waals surface area contributed by atoms with Gasteiger partial charge in [0.2, 0.25) is 0 Å². The molecule has 0 bridgehead atoms. The van der Waals surface area contributed by atoms with Gasteiger partial charge in [0.05, 0.1) is 5.88 Å². The number of carboxylic acids is 1. The van der Waals surface area contributed by atoms with Gasteiger partial charge in [-0.25, -0.2) is 9.59 Å². The lowest BCUT2D eigenvalue weighted by Gasteiger charge is -2.37. The second kappa shape index (κ2) is 6.70. The second-order valence-electron chi connectivity index (χ2n) is 5.80. The minimum Gasteiger partial charge on any atom is -0.480 e. The molecule has 20 heavy (non-hydrogen) atoms. The van der Waals surface area contributed by atoms with E-state index in [1.165, 1.54) is 35.9 Å². The minimum atomic E-state index is -0.897. The summed E-state index contributed by atoms with van der Waals surface area (Å²) in [5.41, 5.74) is 0. The number of carboxylic acid groups (broad SMARTS) is 1. The number of nitrogens with zero attached hydrogens (tertiary/aromatic N) is 2. The van der Waals surface area contributed by atoms with E-state index in [1.807, 2.05) is 7.05 Å².